The number of carbonyl (C=O) groups excluding carboxylic acids is 1. The average Bonchev–Trinajstić information content (AvgIpc) is 3.18. The number of benzene rings is 2. The second kappa shape index (κ2) is 7.93. The van der Waals surface area contributed by atoms with Crippen molar-refractivity contribution < 1.29 is 17.7 Å². The third kappa shape index (κ3) is 4.12. The third-order valence-corrected chi connectivity index (χ3v) is 5.58. The van der Waals surface area contributed by atoms with Crippen LogP contribution >= 0.6 is 0 Å². The summed E-state index contributed by atoms with van der Waals surface area (Å²) in [7, 11) is -4.01. The first-order chi connectivity index (χ1) is 13.3. The van der Waals surface area contributed by atoms with Crippen molar-refractivity contribution in [3.8, 4) is 11.5 Å². The summed E-state index contributed by atoms with van der Waals surface area (Å²) in [6.45, 7) is 5.82. The molecule has 0 bridgehead atoms. The molecule has 0 aliphatic heterocycles. The number of hydrogen-bond acceptors (Lipinski definition) is 6. The lowest BCUT2D eigenvalue weighted by Crippen LogP contribution is -2.31. The van der Waals surface area contributed by atoms with Gasteiger partial charge in [-0.25, -0.2) is 13.1 Å². The maximum Gasteiger partial charge on any atom is 0.265 e. The van der Waals surface area contributed by atoms with Crippen molar-refractivity contribution in [1.82, 2.24) is 14.9 Å². The van der Waals surface area contributed by atoms with Crippen molar-refractivity contribution in [2.75, 3.05) is 0 Å². The molecule has 146 valence electrons. The van der Waals surface area contributed by atoms with Gasteiger partial charge in [0.15, 0.2) is 5.82 Å². The summed E-state index contributed by atoms with van der Waals surface area (Å²) in [5.41, 5.74) is 1.51. The standard InChI is InChI=1S/C20H21N3O4S/c1-4-14-9-11-15(12-10-14)28(25,26)23-19(24)16-7-5-6-8-17(16)20-21-18(13(2)3)22-27-20/h5-13H,4H2,1-3H3,(H,23,24). The van der Waals surface area contributed by atoms with Crippen LogP contribution in [0.3, 0.4) is 0 Å². The summed E-state index contributed by atoms with van der Waals surface area (Å²) in [6, 6.07) is 12.9. The van der Waals surface area contributed by atoms with Crippen LogP contribution in [0.15, 0.2) is 57.9 Å². The van der Waals surface area contributed by atoms with Gasteiger partial charge in [-0.1, -0.05) is 50.2 Å². The average molecular weight is 399 g/mol. The number of rotatable bonds is 6. The van der Waals surface area contributed by atoms with E-state index in [1.54, 1.807) is 30.3 Å². The molecule has 8 heteroatoms. The van der Waals surface area contributed by atoms with Gasteiger partial charge in [0.05, 0.1) is 16.0 Å². The molecule has 0 spiro atoms. The monoisotopic (exact) mass is 399 g/mol. The fourth-order valence-corrected chi connectivity index (χ4v) is 3.55. The molecule has 0 fully saturated rings. The fraction of sp³-hybridized carbons (Fsp3) is 0.250. The molecule has 28 heavy (non-hydrogen) atoms. The number of carbonyl (C=O) groups is 1. The Hall–Kier alpha value is -3.00. The molecule has 0 aliphatic carbocycles. The molecule has 0 aliphatic rings. The van der Waals surface area contributed by atoms with Crippen molar-refractivity contribution in [3.05, 3.63) is 65.5 Å². The minimum absolute atomic E-state index is 0.0235. The Morgan fingerprint density at radius 3 is 2.39 bits per heavy atom. The van der Waals surface area contributed by atoms with Crippen LogP contribution in [0.5, 0.6) is 0 Å². The first kappa shape index (κ1) is 19.8. The molecular formula is C20H21N3O4S. The third-order valence-electron chi connectivity index (χ3n) is 4.23. The Bertz CT molecular complexity index is 1090. The molecule has 0 atom stereocenters. The van der Waals surface area contributed by atoms with Crippen molar-refractivity contribution in [2.45, 2.75) is 38.0 Å². The van der Waals surface area contributed by atoms with E-state index in [0.717, 1.165) is 12.0 Å². The Kier molecular flexibility index (Phi) is 5.60. The van der Waals surface area contributed by atoms with Gasteiger partial charge in [0, 0.05) is 5.92 Å². The highest BCUT2D eigenvalue weighted by molar-refractivity contribution is 7.90. The fourth-order valence-electron chi connectivity index (χ4n) is 2.59. The van der Waals surface area contributed by atoms with E-state index in [2.05, 4.69) is 14.9 Å². The van der Waals surface area contributed by atoms with E-state index >= 15 is 0 Å². The van der Waals surface area contributed by atoms with Crippen LogP contribution in [-0.2, 0) is 16.4 Å². The van der Waals surface area contributed by atoms with Gasteiger partial charge >= 0.3 is 0 Å². The summed E-state index contributed by atoms with van der Waals surface area (Å²) in [5, 5.41) is 3.89. The molecule has 0 saturated heterocycles. The highest BCUT2D eigenvalue weighted by atomic mass is 32.2. The van der Waals surface area contributed by atoms with Gasteiger partial charge in [0.1, 0.15) is 0 Å². The van der Waals surface area contributed by atoms with Gasteiger partial charge in [0.25, 0.3) is 21.8 Å². The first-order valence-electron chi connectivity index (χ1n) is 8.91. The van der Waals surface area contributed by atoms with Crippen LogP contribution < -0.4 is 4.72 Å². The zero-order valence-electron chi connectivity index (χ0n) is 15.8. The Labute approximate surface area is 163 Å². The Balaban J connectivity index is 1.90. The SMILES string of the molecule is CCc1ccc(S(=O)(=O)NC(=O)c2ccccc2-c2nc(C(C)C)no2)cc1. The number of amides is 1. The molecule has 3 aromatic rings. The Morgan fingerprint density at radius 2 is 1.79 bits per heavy atom. The largest absolute Gasteiger partial charge is 0.334 e. The first-order valence-corrected chi connectivity index (χ1v) is 10.4. The van der Waals surface area contributed by atoms with E-state index in [0.29, 0.717) is 11.4 Å². The van der Waals surface area contributed by atoms with Crippen molar-refractivity contribution in [3.63, 3.8) is 0 Å². The number of nitrogens with one attached hydrogen (secondary N) is 1. The predicted octanol–water partition coefficient (Wildman–Crippen LogP) is 3.54. The minimum Gasteiger partial charge on any atom is -0.334 e. The summed E-state index contributed by atoms with van der Waals surface area (Å²) >= 11 is 0. The lowest BCUT2D eigenvalue weighted by molar-refractivity contribution is 0.0981. The Morgan fingerprint density at radius 1 is 1.11 bits per heavy atom. The number of sulfonamides is 1. The summed E-state index contributed by atoms with van der Waals surface area (Å²) in [6.07, 6.45) is 0.794. The lowest BCUT2D eigenvalue weighted by atomic mass is 10.1. The molecule has 1 aromatic heterocycles. The van der Waals surface area contributed by atoms with Crippen molar-refractivity contribution in [2.24, 2.45) is 0 Å². The van der Waals surface area contributed by atoms with Crippen LogP contribution in [0.2, 0.25) is 0 Å². The van der Waals surface area contributed by atoms with Gasteiger partial charge in [-0.05, 0) is 36.2 Å². The highest BCUT2D eigenvalue weighted by Crippen LogP contribution is 2.24. The summed E-state index contributed by atoms with van der Waals surface area (Å²) in [4.78, 5) is 17.0. The van der Waals surface area contributed by atoms with E-state index in [4.69, 9.17) is 4.52 Å². The summed E-state index contributed by atoms with van der Waals surface area (Å²) in [5.74, 6) is -0.0302. The molecule has 1 amide bonds. The number of nitrogens with zero attached hydrogens (tertiary/aromatic N) is 2. The van der Waals surface area contributed by atoms with Crippen molar-refractivity contribution >= 4 is 15.9 Å². The normalized spacial score (nSPS) is 11.6. The second-order valence-corrected chi connectivity index (χ2v) is 8.27. The molecular weight excluding hydrogens is 378 g/mol. The van der Waals surface area contributed by atoms with Crippen LogP contribution in [0.4, 0.5) is 0 Å². The van der Waals surface area contributed by atoms with Crippen LogP contribution in [0.25, 0.3) is 11.5 Å². The maximum atomic E-state index is 12.7. The topological polar surface area (TPSA) is 102 Å². The van der Waals surface area contributed by atoms with E-state index in [-0.39, 0.29) is 22.3 Å². The minimum atomic E-state index is -4.01. The van der Waals surface area contributed by atoms with Crippen molar-refractivity contribution in [1.29, 1.82) is 0 Å². The predicted molar refractivity (Wildman–Crippen MR) is 104 cm³/mol. The van der Waals surface area contributed by atoms with Gasteiger partial charge < -0.3 is 4.52 Å². The maximum absolute atomic E-state index is 12.7. The van der Waals surface area contributed by atoms with E-state index in [9.17, 15) is 13.2 Å². The second-order valence-electron chi connectivity index (χ2n) is 6.59. The van der Waals surface area contributed by atoms with Crippen LogP contribution in [0.1, 0.15) is 48.4 Å². The number of aryl methyl sites for hydroxylation is 1. The van der Waals surface area contributed by atoms with Gasteiger partial charge in [-0.2, -0.15) is 4.98 Å². The molecule has 1 heterocycles. The van der Waals surface area contributed by atoms with Crippen LogP contribution in [0, 0.1) is 0 Å². The van der Waals surface area contributed by atoms with E-state index in [1.807, 2.05) is 20.8 Å². The molecule has 0 saturated carbocycles. The smallest absolute Gasteiger partial charge is 0.265 e. The highest BCUT2D eigenvalue weighted by Gasteiger charge is 2.23. The van der Waals surface area contributed by atoms with Gasteiger partial charge in [-0.3, -0.25) is 4.79 Å². The summed E-state index contributed by atoms with van der Waals surface area (Å²) < 4.78 is 32.5. The van der Waals surface area contributed by atoms with E-state index < -0.39 is 15.9 Å². The molecule has 0 unspecified atom stereocenters. The molecule has 0 radical (unpaired) electrons. The molecule has 7 nitrogen and oxygen atoms in total. The zero-order chi connectivity index (χ0) is 20.3. The molecule has 3 rings (SSSR count). The lowest BCUT2D eigenvalue weighted by Gasteiger charge is -2.09. The zero-order valence-corrected chi connectivity index (χ0v) is 16.7. The molecule has 2 aromatic carbocycles. The number of aromatic nitrogens is 2. The van der Waals surface area contributed by atoms with Gasteiger partial charge in [0.2, 0.25) is 0 Å². The quantitative estimate of drug-likeness (QED) is 0.680. The van der Waals surface area contributed by atoms with E-state index in [1.165, 1.54) is 18.2 Å². The van der Waals surface area contributed by atoms with Crippen LogP contribution in [-0.4, -0.2) is 24.5 Å². The molecule has 1 N–H and O–H groups in total. The van der Waals surface area contributed by atoms with Gasteiger partial charge in [-0.15, -0.1) is 0 Å². The number of hydrogen-bond donors (Lipinski definition) is 1.